The Kier molecular flexibility index (Phi) is 6.09. The van der Waals surface area contributed by atoms with Crippen molar-refractivity contribution < 1.29 is 18.7 Å². The number of hydrogen-bond donors (Lipinski definition) is 1. The maximum Gasteiger partial charge on any atom is 0.341 e. The molecule has 1 aromatic heterocycles. The number of nitrogens with one attached hydrogen (secondary N) is 1. The molecule has 6 heteroatoms. The minimum Gasteiger partial charge on any atom is -0.459 e. The van der Waals surface area contributed by atoms with Crippen LogP contribution in [0.3, 0.4) is 0 Å². The van der Waals surface area contributed by atoms with E-state index in [0.717, 1.165) is 10.4 Å². The van der Waals surface area contributed by atoms with Crippen LogP contribution in [0.5, 0.6) is 0 Å². The second-order valence-electron chi connectivity index (χ2n) is 5.82. The predicted molar refractivity (Wildman–Crippen MR) is 98.4 cm³/mol. The van der Waals surface area contributed by atoms with Gasteiger partial charge in [0.15, 0.2) is 0 Å². The number of thiophene rings is 1. The van der Waals surface area contributed by atoms with Crippen LogP contribution < -0.4 is 5.32 Å². The Morgan fingerprint density at radius 2 is 1.84 bits per heavy atom. The van der Waals surface area contributed by atoms with E-state index in [1.165, 1.54) is 29.5 Å². The standard InChI is InChI=1S/C19H20FNO3S/c1-11(2)24-19(23)17-12(3)13(4)25-18(17)21-16(22)10-7-14-5-8-15(20)9-6-14/h5-11H,1-4H3,(H,21,22)/b10-7+. The molecule has 0 aliphatic heterocycles. The van der Waals surface area contributed by atoms with E-state index in [9.17, 15) is 14.0 Å². The van der Waals surface area contributed by atoms with Crippen LogP contribution in [-0.2, 0) is 9.53 Å². The van der Waals surface area contributed by atoms with E-state index in [1.54, 1.807) is 32.1 Å². The Morgan fingerprint density at radius 1 is 1.20 bits per heavy atom. The second-order valence-corrected chi connectivity index (χ2v) is 7.04. The van der Waals surface area contributed by atoms with Gasteiger partial charge in [-0.3, -0.25) is 4.79 Å². The van der Waals surface area contributed by atoms with E-state index in [-0.39, 0.29) is 17.8 Å². The first-order valence-corrected chi connectivity index (χ1v) is 8.65. The number of halogens is 1. The Hall–Kier alpha value is -2.47. The van der Waals surface area contributed by atoms with Crippen LogP contribution in [0.15, 0.2) is 30.3 Å². The smallest absolute Gasteiger partial charge is 0.341 e. The maximum atomic E-state index is 12.9. The normalized spacial score (nSPS) is 11.1. The molecule has 4 nitrogen and oxygen atoms in total. The highest BCUT2D eigenvalue weighted by molar-refractivity contribution is 7.16. The number of carbonyl (C=O) groups excluding carboxylic acids is 2. The third-order valence-corrected chi connectivity index (χ3v) is 4.59. The molecule has 0 saturated heterocycles. The molecule has 132 valence electrons. The number of hydrogen-bond acceptors (Lipinski definition) is 4. The number of aryl methyl sites for hydroxylation is 1. The topological polar surface area (TPSA) is 55.4 Å². The van der Waals surface area contributed by atoms with Crippen molar-refractivity contribution in [2.45, 2.75) is 33.8 Å². The lowest BCUT2D eigenvalue weighted by atomic mass is 10.1. The summed E-state index contributed by atoms with van der Waals surface area (Å²) in [6.07, 6.45) is 2.68. The molecular formula is C19H20FNO3S. The van der Waals surface area contributed by atoms with E-state index in [4.69, 9.17) is 4.74 Å². The summed E-state index contributed by atoms with van der Waals surface area (Å²) in [5.74, 6) is -1.15. The molecule has 0 unspecified atom stereocenters. The lowest BCUT2D eigenvalue weighted by Gasteiger charge is -2.09. The summed E-state index contributed by atoms with van der Waals surface area (Å²) in [7, 11) is 0. The molecule has 1 heterocycles. The molecule has 2 rings (SSSR count). The van der Waals surface area contributed by atoms with Gasteiger partial charge in [0.2, 0.25) is 5.91 Å². The molecule has 0 aliphatic rings. The molecule has 0 bridgehead atoms. The van der Waals surface area contributed by atoms with Crippen molar-refractivity contribution in [1.29, 1.82) is 0 Å². The zero-order valence-electron chi connectivity index (χ0n) is 14.6. The minimum atomic E-state index is -0.449. The fraction of sp³-hybridized carbons (Fsp3) is 0.263. The van der Waals surface area contributed by atoms with Crippen molar-refractivity contribution in [3.05, 3.63) is 57.7 Å². The average Bonchev–Trinajstić information content (AvgIpc) is 2.80. The fourth-order valence-corrected chi connectivity index (χ4v) is 3.18. The van der Waals surface area contributed by atoms with Crippen molar-refractivity contribution in [3.8, 4) is 0 Å². The first kappa shape index (κ1) is 18.9. The zero-order valence-corrected chi connectivity index (χ0v) is 15.4. The average molecular weight is 361 g/mol. The molecule has 1 amide bonds. The highest BCUT2D eigenvalue weighted by Gasteiger charge is 2.22. The molecule has 0 spiro atoms. The van der Waals surface area contributed by atoms with Crippen molar-refractivity contribution >= 4 is 34.3 Å². The zero-order chi connectivity index (χ0) is 18.6. The number of amides is 1. The van der Waals surface area contributed by atoms with E-state index >= 15 is 0 Å². The highest BCUT2D eigenvalue weighted by atomic mass is 32.1. The van der Waals surface area contributed by atoms with Gasteiger partial charge >= 0.3 is 5.97 Å². The summed E-state index contributed by atoms with van der Waals surface area (Å²) < 4.78 is 18.1. The van der Waals surface area contributed by atoms with Crippen molar-refractivity contribution in [3.63, 3.8) is 0 Å². The maximum absolute atomic E-state index is 12.9. The van der Waals surface area contributed by atoms with Gasteiger partial charge in [-0.15, -0.1) is 11.3 Å². The largest absolute Gasteiger partial charge is 0.459 e. The van der Waals surface area contributed by atoms with Crippen LogP contribution in [-0.4, -0.2) is 18.0 Å². The molecule has 2 aromatic rings. The van der Waals surface area contributed by atoms with Gasteiger partial charge < -0.3 is 10.1 Å². The number of anilines is 1. The van der Waals surface area contributed by atoms with Gasteiger partial charge in [-0.25, -0.2) is 9.18 Å². The first-order chi connectivity index (χ1) is 11.8. The summed E-state index contributed by atoms with van der Waals surface area (Å²) in [6, 6.07) is 5.79. The Balaban J connectivity index is 2.16. The Labute approximate surface area is 150 Å². The number of benzene rings is 1. The molecule has 0 radical (unpaired) electrons. The highest BCUT2D eigenvalue weighted by Crippen LogP contribution is 2.33. The lowest BCUT2D eigenvalue weighted by Crippen LogP contribution is -2.15. The van der Waals surface area contributed by atoms with Crippen LogP contribution >= 0.6 is 11.3 Å². The van der Waals surface area contributed by atoms with Gasteiger partial charge in [-0.2, -0.15) is 0 Å². The second kappa shape index (κ2) is 8.07. The quantitative estimate of drug-likeness (QED) is 0.619. The molecule has 25 heavy (non-hydrogen) atoms. The fourth-order valence-electron chi connectivity index (χ4n) is 2.13. The van der Waals surface area contributed by atoms with Gasteiger partial charge in [-0.05, 0) is 57.0 Å². The third-order valence-electron chi connectivity index (χ3n) is 3.47. The van der Waals surface area contributed by atoms with Crippen LogP contribution in [0, 0.1) is 19.7 Å². The molecule has 0 atom stereocenters. The van der Waals surface area contributed by atoms with Crippen molar-refractivity contribution in [2.75, 3.05) is 5.32 Å². The number of esters is 1. The SMILES string of the molecule is Cc1sc(NC(=O)/C=C/c2ccc(F)cc2)c(C(=O)OC(C)C)c1C. The van der Waals surface area contributed by atoms with Gasteiger partial charge in [0.25, 0.3) is 0 Å². The lowest BCUT2D eigenvalue weighted by molar-refractivity contribution is -0.111. The summed E-state index contributed by atoms with van der Waals surface area (Å²) >= 11 is 1.33. The van der Waals surface area contributed by atoms with E-state index in [0.29, 0.717) is 16.1 Å². The van der Waals surface area contributed by atoms with Crippen LogP contribution in [0.25, 0.3) is 6.08 Å². The van der Waals surface area contributed by atoms with Crippen LogP contribution in [0.2, 0.25) is 0 Å². The number of ether oxygens (including phenoxy) is 1. The predicted octanol–water partition coefficient (Wildman–Crippen LogP) is 4.72. The van der Waals surface area contributed by atoms with E-state index < -0.39 is 5.97 Å². The molecule has 0 saturated carbocycles. The third kappa shape index (κ3) is 5.00. The molecule has 1 N–H and O–H groups in total. The molecule has 0 aliphatic carbocycles. The summed E-state index contributed by atoms with van der Waals surface area (Å²) in [4.78, 5) is 25.4. The van der Waals surface area contributed by atoms with Crippen LogP contribution in [0.4, 0.5) is 9.39 Å². The van der Waals surface area contributed by atoms with Gasteiger partial charge in [0.1, 0.15) is 10.8 Å². The Bertz CT molecular complexity index is 807. The van der Waals surface area contributed by atoms with Crippen LogP contribution in [0.1, 0.15) is 40.2 Å². The molecule has 0 fully saturated rings. The summed E-state index contributed by atoms with van der Waals surface area (Å²) in [5, 5.41) is 3.19. The molecule has 1 aromatic carbocycles. The molecular weight excluding hydrogens is 341 g/mol. The first-order valence-electron chi connectivity index (χ1n) is 7.83. The van der Waals surface area contributed by atoms with Gasteiger partial charge in [0, 0.05) is 11.0 Å². The number of carbonyl (C=O) groups is 2. The van der Waals surface area contributed by atoms with Crippen molar-refractivity contribution in [1.82, 2.24) is 0 Å². The Morgan fingerprint density at radius 3 is 2.44 bits per heavy atom. The van der Waals surface area contributed by atoms with Gasteiger partial charge in [-0.1, -0.05) is 12.1 Å². The van der Waals surface area contributed by atoms with E-state index in [1.807, 2.05) is 13.8 Å². The van der Waals surface area contributed by atoms with E-state index in [2.05, 4.69) is 5.32 Å². The minimum absolute atomic E-state index is 0.242. The van der Waals surface area contributed by atoms with Crippen molar-refractivity contribution in [2.24, 2.45) is 0 Å². The monoisotopic (exact) mass is 361 g/mol. The summed E-state index contributed by atoms with van der Waals surface area (Å²) in [6.45, 7) is 7.26. The summed E-state index contributed by atoms with van der Waals surface area (Å²) in [5.41, 5.74) is 1.89. The van der Waals surface area contributed by atoms with Gasteiger partial charge in [0.05, 0.1) is 11.7 Å². The number of rotatable bonds is 5.